The van der Waals surface area contributed by atoms with Gasteiger partial charge >= 0.3 is 0 Å². The normalized spacial score (nSPS) is 12.9. The Hall–Kier alpha value is -1.39. The molecule has 1 heterocycles. The first-order valence-electron chi connectivity index (χ1n) is 7.46. The predicted molar refractivity (Wildman–Crippen MR) is 80.8 cm³/mol. The fourth-order valence-electron chi connectivity index (χ4n) is 2.48. The van der Waals surface area contributed by atoms with Crippen molar-refractivity contribution in [2.24, 2.45) is 0 Å². The molecular weight excluding hydrogens is 252 g/mol. The molecule has 2 rings (SSSR count). The van der Waals surface area contributed by atoms with E-state index >= 15 is 0 Å². The molecule has 4 heteroatoms. The summed E-state index contributed by atoms with van der Waals surface area (Å²) in [6, 6.07) is 8.21. The Labute approximate surface area is 120 Å². The molecule has 0 bridgehead atoms. The zero-order valence-electron chi connectivity index (χ0n) is 12.4. The Bertz CT molecular complexity index is 536. The fourth-order valence-corrected chi connectivity index (χ4v) is 2.48. The summed E-state index contributed by atoms with van der Waals surface area (Å²) in [7, 11) is 0. The van der Waals surface area contributed by atoms with E-state index in [0.29, 0.717) is 6.42 Å². The van der Waals surface area contributed by atoms with Crippen LogP contribution in [0.4, 0.5) is 0 Å². The highest BCUT2D eigenvalue weighted by atomic mass is 16.5. The number of fused-ring (bicyclic) bond motifs is 1. The number of para-hydroxylation sites is 1. The molecule has 20 heavy (non-hydrogen) atoms. The molecule has 110 valence electrons. The highest BCUT2D eigenvalue weighted by molar-refractivity contribution is 5.81. The lowest BCUT2D eigenvalue weighted by Crippen LogP contribution is -2.12. The quantitative estimate of drug-likeness (QED) is 0.754. The van der Waals surface area contributed by atoms with Gasteiger partial charge in [0.15, 0.2) is 0 Å². The molecule has 2 aromatic rings. The summed E-state index contributed by atoms with van der Waals surface area (Å²) in [4.78, 5) is 0. The third-order valence-corrected chi connectivity index (χ3v) is 3.49. The summed E-state index contributed by atoms with van der Waals surface area (Å²) in [6.07, 6.45) is 1.91. The van der Waals surface area contributed by atoms with Crippen molar-refractivity contribution >= 4 is 10.9 Å². The summed E-state index contributed by atoms with van der Waals surface area (Å²) >= 11 is 0. The van der Waals surface area contributed by atoms with Gasteiger partial charge in [0, 0.05) is 31.6 Å². The van der Waals surface area contributed by atoms with Crippen molar-refractivity contribution in [2.45, 2.75) is 45.8 Å². The zero-order valence-corrected chi connectivity index (χ0v) is 12.4. The molecule has 1 unspecified atom stereocenters. The lowest BCUT2D eigenvalue weighted by molar-refractivity contribution is 0.114. The summed E-state index contributed by atoms with van der Waals surface area (Å²) in [5, 5.41) is 15.9. The number of aliphatic hydroxyl groups excluding tert-OH is 1. The van der Waals surface area contributed by atoms with Gasteiger partial charge in [0.05, 0.1) is 17.3 Å². The number of ether oxygens (including phenoxy) is 1. The zero-order chi connectivity index (χ0) is 14.4. The first kappa shape index (κ1) is 15.0. The van der Waals surface area contributed by atoms with Crippen LogP contribution < -0.4 is 0 Å². The number of rotatable bonds is 8. The van der Waals surface area contributed by atoms with E-state index in [4.69, 9.17) is 4.74 Å². The number of aliphatic hydroxyl groups is 1. The first-order valence-corrected chi connectivity index (χ1v) is 7.46. The van der Waals surface area contributed by atoms with Crippen molar-refractivity contribution in [1.29, 1.82) is 0 Å². The summed E-state index contributed by atoms with van der Waals surface area (Å²) < 4.78 is 7.29. The van der Waals surface area contributed by atoms with Crippen molar-refractivity contribution in [1.82, 2.24) is 9.78 Å². The third-order valence-electron chi connectivity index (χ3n) is 3.49. The maximum Gasteiger partial charge on any atom is 0.0729 e. The highest BCUT2D eigenvalue weighted by Gasteiger charge is 2.13. The molecule has 1 atom stereocenters. The summed E-state index contributed by atoms with van der Waals surface area (Å²) in [5.41, 5.74) is 2.14. The van der Waals surface area contributed by atoms with E-state index in [2.05, 4.69) is 24.2 Å². The van der Waals surface area contributed by atoms with Crippen molar-refractivity contribution in [3.63, 3.8) is 0 Å². The molecule has 0 radical (unpaired) electrons. The molecule has 0 aliphatic rings. The monoisotopic (exact) mass is 276 g/mol. The van der Waals surface area contributed by atoms with Crippen LogP contribution in [0, 0.1) is 0 Å². The second-order valence-corrected chi connectivity index (χ2v) is 4.98. The number of nitrogens with zero attached hydrogens (tertiary/aromatic N) is 2. The van der Waals surface area contributed by atoms with Crippen LogP contribution in [0.25, 0.3) is 10.9 Å². The van der Waals surface area contributed by atoms with Gasteiger partial charge in [-0.15, -0.1) is 0 Å². The van der Waals surface area contributed by atoms with Gasteiger partial charge in [-0.2, -0.15) is 5.10 Å². The fraction of sp³-hybridized carbons (Fsp3) is 0.562. The van der Waals surface area contributed by atoms with Gasteiger partial charge in [-0.05, 0) is 32.8 Å². The van der Waals surface area contributed by atoms with E-state index in [9.17, 15) is 5.11 Å². The Kier molecular flexibility index (Phi) is 5.56. The Morgan fingerprint density at radius 3 is 2.85 bits per heavy atom. The topological polar surface area (TPSA) is 47.3 Å². The van der Waals surface area contributed by atoms with Crippen LogP contribution in [0.15, 0.2) is 24.3 Å². The van der Waals surface area contributed by atoms with Gasteiger partial charge in [-0.25, -0.2) is 0 Å². The van der Waals surface area contributed by atoms with E-state index in [1.165, 1.54) is 0 Å². The number of hydrogen-bond donors (Lipinski definition) is 1. The first-order chi connectivity index (χ1) is 9.76. The minimum absolute atomic E-state index is 0.348. The number of benzene rings is 1. The number of hydrogen-bond acceptors (Lipinski definition) is 3. The maximum atomic E-state index is 10.1. The Balaban J connectivity index is 2.02. The molecular formula is C16H24N2O2. The van der Waals surface area contributed by atoms with Crippen LogP contribution >= 0.6 is 0 Å². The second kappa shape index (κ2) is 7.41. The minimum atomic E-state index is -0.348. The number of aryl methyl sites for hydroxylation is 1. The van der Waals surface area contributed by atoms with E-state index in [0.717, 1.165) is 49.2 Å². The highest BCUT2D eigenvalue weighted by Crippen LogP contribution is 2.20. The second-order valence-electron chi connectivity index (χ2n) is 4.98. The molecule has 0 spiro atoms. The van der Waals surface area contributed by atoms with E-state index < -0.39 is 0 Å². The lowest BCUT2D eigenvalue weighted by Gasteiger charge is -2.09. The van der Waals surface area contributed by atoms with Gasteiger partial charge in [0.1, 0.15) is 0 Å². The van der Waals surface area contributed by atoms with Crippen LogP contribution in [-0.2, 0) is 17.7 Å². The third kappa shape index (κ3) is 3.58. The molecule has 1 aromatic heterocycles. The molecule has 4 nitrogen and oxygen atoms in total. The van der Waals surface area contributed by atoms with Crippen LogP contribution in [0.3, 0.4) is 0 Å². The van der Waals surface area contributed by atoms with Gasteiger partial charge in [-0.3, -0.25) is 4.68 Å². The smallest absolute Gasteiger partial charge is 0.0729 e. The van der Waals surface area contributed by atoms with Crippen LogP contribution in [0.2, 0.25) is 0 Å². The van der Waals surface area contributed by atoms with E-state index in [-0.39, 0.29) is 6.10 Å². The number of aromatic nitrogens is 2. The SMILES string of the molecule is CCOCCCC(O)Cc1nn(CC)c2ccccc12. The van der Waals surface area contributed by atoms with Gasteiger partial charge in [0.25, 0.3) is 0 Å². The Morgan fingerprint density at radius 2 is 2.10 bits per heavy atom. The molecule has 0 aliphatic carbocycles. The lowest BCUT2D eigenvalue weighted by atomic mass is 10.1. The van der Waals surface area contributed by atoms with E-state index in [1.54, 1.807) is 0 Å². The van der Waals surface area contributed by atoms with Crippen LogP contribution in [-0.4, -0.2) is 34.2 Å². The molecule has 0 aliphatic heterocycles. The van der Waals surface area contributed by atoms with E-state index in [1.807, 2.05) is 23.7 Å². The molecule has 1 aromatic carbocycles. The van der Waals surface area contributed by atoms with Crippen LogP contribution in [0.5, 0.6) is 0 Å². The maximum absolute atomic E-state index is 10.1. The summed E-state index contributed by atoms with van der Waals surface area (Å²) in [5.74, 6) is 0. The van der Waals surface area contributed by atoms with Crippen molar-refractivity contribution in [3.8, 4) is 0 Å². The largest absolute Gasteiger partial charge is 0.393 e. The predicted octanol–water partition coefficient (Wildman–Crippen LogP) is 2.78. The van der Waals surface area contributed by atoms with Crippen molar-refractivity contribution in [3.05, 3.63) is 30.0 Å². The molecule has 0 fully saturated rings. The summed E-state index contributed by atoms with van der Waals surface area (Å²) in [6.45, 7) is 6.38. The standard InChI is InChI=1S/C16H24N2O2/c1-3-18-16-10-6-5-9-14(16)15(17-18)12-13(19)8-7-11-20-4-2/h5-6,9-10,13,19H,3-4,7-8,11-12H2,1-2H3. The minimum Gasteiger partial charge on any atom is -0.393 e. The molecule has 0 saturated heterocycles. The van der Waals surface area contributed by atoms with Gasteiger partial charge in [0.2, 0.25) is 0 Å². The average Bonchev–Trinajstić information content (AvgIpc) is 2.82. The Morgan fingerprint density at radius 1 is 1.30 bits per heavy atom. The van der Waals surface area contributed by atoms with Gasteiger partial charge in [-0.1, -0.05) is 18.2 Å². The average molecular weight is 276 g/mol. The van der Waals surface area contributed by atoms with Crippen molar-refractivity contribution < 1.29 is 9.84 Å². The molecule has 0 saturated carbocycles. The van der Waals surface area contributed by atoms with Crippen LogP contribution in [0.1, 0.15) is 32.4 Å². The molecule has 0 amide bonds. The van der Waals surface area contributed by atoms with Gasteiger partial charge < -0.3 is 9.84 Å². The molecule has 1 N–H and O–H groups in total. The van der Waals surface area contributed by atoms with Crippen molar-refractivity contribution in [2.75, 3.05) is 13.2 Å².